The highest BCUT2D eigenvalue weighted by molar-refractivity contribution is 9.10. The van der Waals surface area contributed by atoms with Crippen molar-refractivity contribution in [1.82, 2.24) is 4.72 Å². The first-order chi connectivity index (χ1) is 8.42. The number of rotatable bonds is 4. The summed E-state index contributed by atoms with van der Waals surface area (Å²) in [7, 11) is -1.94. The lowest BCUT2D eigenvalue weighted by molar-refractivity contribution is 0.0236. The zero-order valence-electron chi connectivity index (χ0n) is 9.89. The number of sulfonamides is 1. The molecular formula is C11H15BrN2O3S. The molecule has 0 unspecified atom stereocenters. The fraction of sp³-hybridized carbons (Fsp3) is 0.455. The fourth-order valence-electron chi connectivity index (χ4n) is 1.88. The molecular weight excluding hydrogens is 320 g/mol. The third-order valence-corrected chi connectivity index (χ3v) is 5.08. The Morgan fingerprint density at radius 2 is 2.11 bits per heavy atom. The lowest BCUT2D eigenvalue weighted by Gasteiger charge is -2.34. The highest BCUT2D eigenvalue weighted by atomic mass is 79.9. The summed E-state index contributed by atoms with van der Waals surface area (Å²) in [5.74, 6) is 0. The van der Waals surface area contributed by atoms with Crippen molar-refractivity contribution in [1.29, 1.82) is 0 Å². The van der Waals surface area contributed by atoms with Gasteiger partial charge in [-0.2, -0.15) is 0 Å². The van der Waals surface area contributed by atoms with Crippen LogP contribution in [0.3, 0.4) is 0 Å². The summed E-state index contributed by atoms with van der Waals surface area (Å²) < 4.78 is 32.7. The average molecular weight is 335 g/mol. The minimum atomic E-state index is -3.57. The molecule has 0 saturated heterocycles. The second-order valence-electron chi connectivity index (χ2n) is 4.33. The molecule has 2 rings (SSSR count). The summed E-state index contributed by atoms with van der Waals surface area (Å²) in [6.45, 7) is 0. The summed E-state index contributed by atoms with van der Waals surface area (Å²) in [6.07, 6.45) is 1.55. The van der Waals surface area contributed by atoms with Crippen LogP contribution in [0.15, 0.2) is 27.6 Å². The van der Waals surface area contributed by atoms with Crippen molar-refractivity contribution in [3.8, 4) is 0 Å². The van der Waals surface area contributed by atoms with Gasteiger partial charge >= 0.3 is 0 Å². The van der Waals surface area contributed by atoms with E-state index in [1.807, 2.05) is 0 Å². The molecule has 1 fully saturated rings. The Balaban J connectivity index is 2.14. The van der Waals surface area contributed by atoms with Crippen LogP contribution in [0.4, 0.5) is 5.69 Å². The van der Waals surface area contributed by atoms with E-state index in [0.717, 1.165) is 0 Å². The van der Waals surface area contributed by atoms with Gasteiger partial charge < -0.3 is 10.5 Å². The number of anilines is 1. The summed E-state index contributed by atoms with van der Waals surface area (Å²) in [5, 5.41) is 0. The van der Waals surface area contributed by atoms with Gasteiger partial charge in [0.05, 0.1) is 11.8 Å². The number of nitrogen functional groups attached to an aromatic ring is 1. The molecule has 1 saturated carbocycles. The maximum Gasteiger partial charge on any atom is 0.242 e. The Kier molecular flexibility index (Phi) is 3.96. The molecule has 0 atom stereocenters. The third kappa shape index (κ3) is 2.85. The summed E-state index contributed by atoms with van der Waals surface area (Å²) in [5.41, 5.74) is 5.94. The Morgan fingerprint density at radius 3 is 2.72 bits per heavy atom. The molecule has 100 valence electrons. The second kappa shape index (κ2) is 5.16. The first-order valence-corrected chi connectivity index (χ1v) is 7.80. The van der Waals surface area contributed by atoms with E-state index in [-0.39, 0.29) is 22.7 Å². The Bertz CT molecular complexity index is 541. The fourth-order valence-corrected chi connectivity index (χ4v) is 3.81. The van der Waals surface area contributed by atoms with Gasteiger partial charge in [-0.1, -0.05) is 15.9 Å². The smallest absolute Gasteiger partial charge is 0.242 e. The number of ether oxygens (including phenoxy) is 1. The van der Waals surface area contributed by atoms with Crippen LogP contribution in [-0.2, 0) is 14.8 Å². The van der Waals surface area contributed by atoms with Crippen molar-refractivity contribution in [3.05, 3.63) is 22.7 Å². The quantitative estimate of drug-likeness (QED) is 0.817. The number of hydrogen-bond donors (Lipinski definition) is 2. The van der Waals surface area contributed by atoms with Gasteiger partial charge in [-0.15, -0.1) is 0 Å². The zero-order chi connectivity index (χ0) is 13.3. The lowest BCUT2D eigenvalue weighted by Crippen LogP contribution is -2.47. The van der Waals surface area contributed by atoms with E-state index < -0.39 is 10.0 Å². The van der Waals surface area contributed by atoms with E-state index in [1.165, 1.54) is 6.07 Å². The molecule has 5 nitrogen and oxygen atoms in total. The van der Waals surface area contributed by atoms with Gasteiger partial charge in [0.1, 0.15) is 4.90 Å². The van der Waals surface area contributed by atoms with Crippen LogP contribution in [0, 0.1) is 0 Å². The minimum absolute atomic E-state index is 0.0710. The summed E-state index contributed by atoms with van der Waals surface area (Å²) in [4.78, 5) is 0.109. The van der Waals surface area contributed by atoms with Crippen LogP contribution in [-0.4, -0.2) is 27.7 Å². The largest absolute Gasteiger partial charge is 0.398 e. The first-order valence-electron chi connectivity index (χ1n) is 5.52. The summed E-state index contributed by atoms with van der Waals surface area (Å²) in [6, 6.07) is 4.71. The molecule has 1 aromatic rings. The molecule has 18 heavy (non-hydrogen) atoms. The van der Waals surface area contributed by atoms with Crippen LogP contribution < -0.4 is 10.5 Å². The normalized spacial score (nSPS) is 23.7. The first kappa shape index (κ1) is 13.8. The molecule has 0 heterocycles. The standard InChI is InChI=1S/C11H15BrN2O3S/c1-17-9-5-8(6-9)14-18(15,16)11-4-7(12)2-3-10(11)13/h2-4,8-9,14H,5-6,13H2,1H3. The molecule has 3 N–H and O–H groups in total. The number of nitrogens with two attached hydrogens (primary N) is 1. The predicted octanol–water partition coefficient (Wildman–Crippen LogP) is 1.49. The molecule has 1 aromatic carbocycles. The van der Waals surface area contributed by atoms with Gasteiger partial charge in [0.2, 0.25) is 10.0 Å². The van der Waals surface area contributed by atoms with Crippen molar-refractivity contribution >= 4 is 31.6 Å². The maximum atomic E-state index is 12.2. The highest BCUT2D eigenvalue weighted by Crippen LogP contribution is 2.27. The number of halogens is 1. The van der Waals surface area contributed by atoms with E-state index in [9.17, 15) is 8.42 Å². The predicted molar refractivity (Wildman–Crippen MR) is 72.7 cm³/mol. The Hall–Kier alpha value is -0.630. The highest BCUT2D eigenvalue weighted by Gasteiger charge is 2.33. The van der Waals surface area contributed by atoms with E-state index in [4.69, 9.17) is 10.5 Å². The summed E-state index contributed by atoms with van der Waals surface area (Å²) >= 11 is 3.24. The Labute approximate surface area is 115 Å². The lowest BCUT2D eigenvalue weighted by atomic mass is 9.90. The van der Waals surface area contributed by atoms with Crippen molar-refractivity contribution in [2.45, 2.75) is 29.9 Å². The molecule has 1 aliphatic rings. The maximum absolute atomic E-state index is 12.2. The zero-order valence-corrected chi connectivity index (χ0v) is 12.3. The number of methoxy groups -OCH3 is 1. The van der Waals surface area contributed by atoms with E-state index >= 15 is 0 Å². The van der Waals surface area contributed by atoms with Gasteiger partial charge in [-0.25, -0.2) is 13.1 Å². The van der Waals surface area contributed by atoms with Gasteiger partial charge in [-0.05, 0) is 31.0 Å². The Morgan fingerprint density at radius 1 is 1.44 bits per heavy atom. The molecule has 0 aliphatic heterocycles. The van der Waals surface area contributed by atoms with E-state index in [2.05, 4.69) is 20.7 Å². The van der Waals surface area contributed by atoms with E-state index in [1.54, 1.807) is 19.2 Å². The van der Waals surface area contributed by atoms with Crippen molar-refractivity contribution in [2.24, 2.45) is 0 Å². The molecule has 7 heteroatoms. The number of benzene rings is 1. The van der Waals surface area contributed by atoms with Crippen molar-refractivity contribution < 1.29 is 13.2 Å². The van der Waals surface area contributed by atoms with Gasteiger partial charge in [-0.3, -0.25) is 0 Å². The topological polar surface area (TPSA) is 81.4 Å². The molecule has 0 bridgehead atoms. The molecule has 0 spiro atoms. The van der Waals surface area contributed by atoms with Crippen LogP contribution in [0.1, 0.15) is 12.8 Å². The molecule has 0 aromatic heterocycles. The van der Waals surface area contributed by atoms with Crippen LogP contribution in [0.5, 0.6) is 0 Å². The molecule has 0 radical (unpaired) electrons. The molecule has 0 amide bonds. The van der Waals surface area contributed by atoms with Crippen molar-refractivity contribution in [2.75, 3.05) is 12.8 Å². The van der Waals surface area contributed by atoms with Crippen molar-refractivity contribution in [3.63, 3.8) is 0 Å². The SMILES string of the molecule is COC1CC(NS(=O)(=O)c2cc(Br)ccc2N)C1. The van der Waals surface area contributed by atoms with Gasteiger partial charge in [0.25, 0.3) is 0 Å². The average Bonchev–Trinajstić information content (AvgIpc) is 2.26. The second-order valence-corrected chi connectivity index (χ2v) is 6.93. The molecule has 1 aliphatic carbocycles. The van der Waals surface area contributed by atoms with Crippen LogP contribution in [0.2, 0.25) is 0 Å². The minimum Gasteiger partial charge on any atom is -0.398 e. The van der Waals surface area contributed by atoms with Gasteiger partial charge in [0.15, 0.2) is 0 Å². The van der Waals surface area contributed by atoms with Crippen LogP contribution in [0.25, 0.3) is 0 Å². The number of hydrogen-bond acceptors (Lipinski definition) is 4. The third-order valence-electron chi connectivity index (χ3n) is 3.02. The number of nitrogens with one attached hydrogen (secondary N) is 1. The monoisotopic (exact) mass is 334 g/mol. The van der Waals surface area contributed by atoms with E-state index in [0.29, 0.717) is 17.3 Å². The van der Waals surface area contributed by atoms with Crippen LogP contribution >= 0.6 is 15.9 Å². The van der Waals surface area contributed by atoms with Gasteiger partial charge in [0, 0.05) is 17.6 Å².